The summed E-state index contributed by atoms with van der Waals surface area (Å²) in [5, 5.41) is 7.50. The van der Waals surface area contributed by atoms with Crippen LogP contribution >= 0.6 is 0 Å². The molecule has 18 heavy (non-hydrogen) atoms. The van der Waals surface area contributed by atoms with Gasteiger partial charge >= 0.3 is 0 Å². The van der Waals surface area contributed by atoms with Crippen LogP contribution in [-0.4, -0.2) is 28.4 Å². The van der Waals surface area contributed by atoms with E-state index in [1.54, 1.807) is 7.11 Å². The molecule has 0 atom stereocenters. The average molecular weight is 246 g/mol. The minimum Gasteiger partial charge on any atom is -0.481 e. The second-order valence-electron chi connectivity index (χ2n) is 4.04. The maximum Gasteiger partial charge on any atom is 0.213 e. The summed E-state index contributed by atoms with van der Waals surface area (Å²) in [6.07, 6.45) is 2.78. The third-order valence-electron chi connectivity index (χ3n) is 2.78. The fourth-order valence-electron chi connectivity index (χ4n) is 1.75. The van der Waals surface area contributed by atoms with Crippen LogP contribution in [-0.2, 0) is 20.0 Å². The molecule has 0 aliphatic heterocycles. The first kappa shape index (κ1) is 12.6. The van der Waals surface area contributed by atoms with Gasteiger partial charge in [-0.05, 0) is 12.1 Å². The lowest BCUT2D eigenvalue weighted by molar-refractivity contribution is 0.395. The quantitative estimate of drug-likeness (QED) is 0.777. The van der Waals surface area contributed by atoms with E-state index in [9.17, 15) is 0 Å². The lowest BCUT2D eigenvalue weighted by Gasteiger charge is -2.06. The third-order valence-corrected chi connectivity index (χ3v) is 2.78. The van der Waals surface area contributed by atoms with Gasteiger partial charge in [-0.25, -0.2) is 4.98 Å². The van der Waals surface area contributed by atoms with Crippen molar-refractivity contribution in [3.8, 4) is 5.88 Å². The highest BCUT2D eigenvalue weighted by Gasteiger charge is 1.99. The van der Waals surface area contributed by atoms with E-state index in [2.05, 4.69) is 15.4 Å². The predicted molar refractivity (Wildman–Crippen MR) is 69.4 cm³/mol. The Kier molecular flexibility index (Phi) is 4.30. The molecule has 0 fully saturated rings. The van der Waals surface area contributed by atoms with Crippen LogP contribution in [0.15, 0.2) is 30.5 Å². The molecule has 2 aromatic rings. The van der Waals surface area contributed by atoms with E-state index in [0.717, 1.165) is 25.2 Å². The number of rotatable bonds is 6. The second-order valence-corrected chi connectivity index (χ2v) is 4.04. The van der Waals surface area contributed by atoms with Gasteiger partial charge in [0.2, 0.25) is 5.88 Å². The number of hydrogen-bond acceptors (Lipinski definition) is 4. The van der Waals surface area contributed by atoms with E-state index in [1.807, 2.05) is 42.2 Å². The molecule has 0 spiro atoms. The monoisotopic (exact) mass is 246 g/mol. The molecule has 2 aromatic heterocycles. The minimum absolute atomic E-state index is 0.654. The van der Waals surface area contributed by atoms with Crippen molar-refractivity contribution in [3.05, 3.63) is 41.9 Å². The number of pyridine rings is 1. The molecule has 0 amide bonds. The summed E-state index contributed by atoms with van der Waals surface area (Å²) in [5.41, 5.74) is 2.21. The van der Waals surface area contributed by atoms with Gasteiger partial charge in [-0.2, -0.15) is 5.10 Å². The van der Waals surface area contributed by atoms with Crippen molar-refractivity contribution in [2.45, 2.75) is 13.0 Å². The Morgan fingerprint density at radius 3 is 2.94 bits per heavy atom. The highest BCUT2D eigenvalue weighted by molar-refractivity contribution is 5.15. The molecular weight excluding hydrogens is 228 g/mol. The highest BCUT2D eigenvalue weighted by Crippen LogP contribution is 2.06. The Labute approximate surface area is 107 Å². The zero-order valence-corrected chi connectivity index (χ0v) is 10.8. The molecule has 2 heterocycles. The van der Waals surface area contributed by atoms with Crippen LogP contribution in [0.25, 0.3) is 0 Å². The largest absolute Gasteiger partial charge is 0.481 e. The van der Waals surface area contributed by atoms with E-state index in [-0.39, 0.29) is 0 Å². The summed E-state index contributed by atoms with van der Waals surface area (Å²) in [5.74, 6) is 0.654. The normalized spacial score (nSPS) is 10.6. The van der Waals surface area contributed by atoms with Gasteiger partial charge < -0.3 is 10.1 Å². The summed E-state index contributed by atoms with van der Waals surface area (Å²) in [6.45, 7) is 1.65. The summed E-state index contributed by atoms with van der Waals surface area (Å²) in [6, 6.07) is 7.81. The van der Waals surface area contributed by atoms with Gasteiger partial charge in [-0.15, -0.1) is 0 Å². The zero-order chi connectivity index (χ0) is 12.8. The number of aryl methyl sites for hydroxylation is 1. The second kappa shape index (κ2) is 6.16. The van der Waals surface area contributed by atoms with Gasteiger partial charge in [0.25, 0.3) is 0 Å². The van der Waals surface area contributed by atoms with Crippen molar-refractivity contribution in [2.24, 2.45) is 7.05 Å². The van der Waals surface area contributed by atoms with E-state index >= 15 is 0 Å². The van der Waals surface area contributed by atoms with Crippen molar-refractivity contribution in [1.82, 2.24) is 20.1 Å². The molecule has 0 aliphatic carbocycles. The molecule has 0 saturated heterocycles. The molecule has 0 unspecified atom stereocenters. The van der Waals surface area contributed by atoms with Gasteiger partial charge in [0.05, 0.1) is 12.8 Å². The number of hydrogen-bond donors (Lipinski definition) is 1. The van der Waals surface area contributed by atoms with Crippen molar-refractivity contribution >= 4 is 0 Å². The summed E-state index contributed by atoms with van der Waals surface area (Å²) in [4.78, 5) is 4.34. The Balaban J connectivity index is 1.76. The molecule has 96 valence electrons. The Morgan fingerprint density at radius 1 is 1.33 bits per heavy atom. The highest BCUT2D eigenvalue weighted by atomic mass is 16.5. The number of nitrogens with one attached hydrogen (secondary N) is 1. The molecular formula is C13H18N4O. The van der Waals surface area contributed by atoms with Gasteiger partial charge in [0.1, 0.15) is 0 Å². The maximum absolute atomic E-state index is 5.09. The van der Waals surface area contributed by atoms with Gasteiger partial charge in [-0.3, -0.25) is 4.68 Å². The summed E-state index contributed by atoms with van der Waals surface area (Å²) < 4.78 is 6.98. The maximum atomic E-state index is 5.09. The fourth-order valence-corrected chi connectivity index (χ4v) is 1.75. The number of nitrogens with zero attached hydrogens (tertiary/aromatic N) is 3. The first-order chi connectivity index (χ1) is 8.79. The molecule has 2 rings (SSSR count). The molecule has 0 aliphatic rings. The van der Waals surface area contributed by atoms with Gasteiger partial charge in [-0.1, -0.05) is 6.07 Å². The minimum atomic E-state index is 0.654. The predicted octanol–water partition coefficient (Wildman–Crippen LogP) is 1.16. The fraction of sp³-hybridized carbons (Fsp3) is 0.385. The van der Waals surface area contributed by atoms with Crippen molar-refractivity contribution in [1.29, 1.82) is 0 Å². The molecule has 5 nitrogen and oxygen atoms in total. The smallest absolute Gasteiger partial charge is 0.213 e. The molecule has 0 saturated carbocycles. The van der Waals surface area contributed by atoms with E-state index in [1.165, 1.54) is 5.69 Å². The van der Waals surface area contributed by atoms with Crippen LogP contribution in [0.2, 0.25) is 0 Å². The van der Waals surface area contributed by atoms with Crippen LogP contribution in [0.3, 0.4) is 0 Å². The molecule has 0 radical (unpaired) electrons. The van der Waals surface area contributed by atoms with Crippen LogP contribution < -0.4 is 10.1 Å². The lowest BCUT2D eigenvalue weighted by Crippen LogP contribution is -2.18. The average Bonchev–Trinajstić information content (AvgIpc) is 2.81. The Hall–Kier alpha value is -1.88. The van der Waals surface area contributed by atoms with Crippen LogP contribution in [0.5, 0.6) is 5.88 Å². The van der Waals surface area contributed by atoms with Crippen LogP contribution in [0, 0.1) is 0 Å². The molecule has 0 bridgehead atoms. The summed E-state index contributed by atoms with van der Waals surface area (Å²) in [7, 11) is 3.58. The topological polar surface area (TPSA) is 52.0 Å². The lowest BCUT2D eigenvalue weighted by atomic mass is 10.3. The SMILES string of the molecule is COc1cccc(CNCCc2ccnn2C)n1. The molecule has 5 heteroatoms. The first-order valence-corrected chi connectivity index (χ1v) is 5.97. The zero-order valence-electron chi connectivity index (χ0n) is 10.8. The first-order valence-electron chi connectivity index (χ1n) is 5.97. The van der Waals surface area contributed by atoms with Crippen molar-refractivity contribution in [2.75, 3.05) is 13.7 Å². The summed E-state index contributed by atoms with van der Waals surface area (Å²) >= 11 is 0. The van der Waals surface area contributed by atoms with Crippen molar-refractivity contribution < 1.29 is 4.74 Å². The number of ether oxygens (including phenoxy) is 1. The van der Waals surface area contributed by atoms with E-state index in [0.29, 0.717) is 5.88 Å². The van der Waals surface area contributed by atoms with Crippen LogP contribution in [0.1, 0.15) is 11.4 Å². The molecule has 1 N–H and O–H groups in total. The van der Waals surface area contributed by atoms with Gasteiger partial charge in [0.15, 0.2) is 0 Å². The van der Waals surface area contributed by atoms with Crippen molar-refractivity contribution in [3.63, 3.8) is 0 Å². The number of methoxy groups -OCH3 is 1. The Bertz CT molecular complexity index is 495. The Morgan fingerprint density at radius 2 is 2.22 bits per heavy atom. The third kappa shape index (κ3) is 3.30. The van der Waals surface area contributed by atoms with E-state index in [4.69, 9.17) is 4.74 Å². The molecule has 0 aromatic carbocycles. The van der Waals surface area contributed by atoms with E-state index < -0.39 is 0 Å². The van der Waals surface area contributed by atoms with Gasteiger partial charge in [0, 0.05) is 44.5 Å². The van der Waals surface area contributed by atoms with Crippen LogP contribution in [0.4, 0.5) is 0 Å². The standard InChI is InChI=1S/C13H18N4O/c1-17-12(7-9-15-17)6-8-14-10-11-4-3-5-13(16-11)18-2/h3-5,7,9,14H,6,8,10H2,1-2H3. The number of aromatic nitrogens is 3.